The number of nitrogens with zero attached hydrogens (tertiary/aromatic N) is 2. The largest absolute Gasteiger partial charge is 0.381 e. The molecule has 0 bridgehead atoms. The summed E-state index contributed by atoms with van der Waals surface area (Å²) >= 11 is 0. The van der Waals surface area contributed by atoms with Gasteiger partial charge in [-0.05, 0) is 24.3 Å². The maximum atomic E-state index is 12.5. The number of carbonyl (C=O) groups excluding carboxylic acids is 1. The zero-order valence-electron chi connectivity index (χ0n) is 15.5. The van der Waals surface area contributed by atoms with Crippen LogP contribution in [-0.4, -0.2) is 61.8 Å². The van der Waals surface area contributed by atoms with E-state index in [0.29, 0.717) is 11.8 Å². The Balaban J connectivity index is 1.46. The highest BCUT2D eigenvalue weighted by molar-refractivity contribution is 5.74. The van der Waals surface area contributed by atoms with Crippen molar-refractivity contribution in [2.45, 2.75) is 32.4 Å². The van der Waals surface area contributed by atoms with Crippen LogP contribution in [0.5, 0.6) is 0 Å². The van der Waals surface area contributed by atoms with E-state index in [1.165, 1.54) is 5.56 Å². The molecule has 2 saturated heterocycles. The SMILES string of the molecule is C[C@@H]1CN(Cc2ccccc2)C[C@H]1NC(=O)N(C)C[C@H]1CCCOC1. The number of rotatable bonds is 5. The lowest BCUT2D eigenvalue weighted by molar-refractivity contribution is 0.0456. The third-order valence-corrected chi connectivity index (χ3v) is 5.38. The Labute approximate surface area is 151 Å². The second kappa shape index (κ2) is 8.68. The number of ether oxygens (including phenoxy) is 1. The van der Waals surface area contributed by atoms with Crippen molar-refractivity contribution < 1.29 is 9.53 Å². The van der Waals surface area contributed by atoms with Gasteiger partial charge < -0.3 is 15.0 Å². The van der Waals surface area contributed by atoms with Gasteiger partial charge in [0.2, 0.25) is 0 Å². The van der Waals surface area contributed by atoms with Gasteiger partial charge in [0, 0.05) is 51.8 Å². The first-order valence-corrected chi connectivity index (χ1v) is 9.47. The van der Waals surface area contributed by atoms with Crippen LogP contribution in [0.2, 0.25) is 0 Å². The van der Waals surface area contributed by atoms with Crippen LogP contribution >= 0.6 is 0 Å². The third-order valence-electron chi connectivity index (χ3n) is 5.38. The summed E-state index contributed by atoms with van der Waals surface area (Å²) in [6.45, 7) is 7.55. The van der Waals surface area contributed by atoms with Gasteiger partial charge in [0.1, 0.15) is 0 Å². The minimum absolute atomic E-state index is 0.0454. The molecule has 2 aliphatic rings. The van der Waals surface area contributed by atoms with Gasteiger partial charge in [0.05, 0.1) is 6.61 Å². The van der Waals surface area contributed by atoms with Crippen LogP contribution in [0.25, 0.3) is 0 Å². The number of amides is 2. The second-order valence-electron chi connectivity index (χ2n) is 7.68. The summed E-state index contributed by atoms with van der Waals surface area (Å²) in [5.74, 6) is 0.944. The van der Waals surface area contributed by atoms with Crippen LogP contribution in [0.4, 0.5) is 4.79 Å². The van der Waals surface area contributed by atoms with E-state index in [4.69, 9.17) is 4.74 Å². The van der Waals surface area contributed by atoms with Crippen LogP contribution in [0.3, 0.4) is 0 Å². The molecule has 0 unspecified atom stereocenters. The summed E-state index contributed by atoms with van der Waals surface area (Å²) in [5.41, 5.74) is 1.33. The predicted octanol–water partition coefficient (Wildman–Crippen LogP) is 2.57. The van der Waals surface area contributed by atoms with Gasteiger partial charge in [0.25, 0.3) is 0 Å². The smallest absolute Gasteiger partial charge is 0.317 e. The van der Waals surface area contributed by atoms with Gasteiger partial charge in [-0.25, -0.2) is 4.79 Å². The van der Waals surface area contributed by atoms with Crippen LogP contribution in [0.15, 0.2) is 30.3 Å². The Morgan fingerprint density at radius 1 is 1.32 bits per heavy atom. The lowest BCUT2D eigenvalue weighted by atomic mass is 10.0. The van der Waals surface area contributed by atoms with Crippen LogP contribution in [0, 0.1) is 11.8 Å². The third kappa shape index (κ3) is 5.19. The highest BCUT2D eigenvalue weighted by Gasteiger charge is 2.31. The quantitative estimate of drug-likeness (QED) is 0.892. The van der Waals surface area contributed by atoms with Crippen LogP contribution < -0.4 is 5.32 Å². The lowest BCUT2D eigenvalue weighted by Gasteiger charge is -2.28. The zero-order chi connectivity index (χ0) is 17.6. The highest BCUT2D eigenvalue weighted by Crippen LogP contribution is 2.20. The van der Waals surface area contributed by atoms with E-state index in [1.807, 2.05) is 18.0 Å². The number of hydrogen-bond donors (Lipinski definition) is 1. The molecular formula is C20H31N3O2. The van der Waals surface area contributed by atoms with Gasteiger partial charge in [0.15, 0.2) is 0 Å². The molecule has 2 aliphatic heterocycles. The Kier molecular flexibility index (Phi) is 6.32. The molecule has 1 aromatic rings. The molecular weight excluding hydrogens is 314 g/mol. The normalized spacial score (nSPS) is 27.2. The van der Waals surface area contributed by atoms with E-state index in [0.717, 1.165) is 52.2 Å². The Bertz CT molecular complexity index is 545. The van der Waals surface area contributed by atoms with E-state index in [1.54, 1.807) is 0 Å². The monoisotopic (exact) mass is 345 g/mol. The highest BCUT2D eigenvalue weighted by atomic mass is 16.5. The number of nitrogens with one attached hydrogen (secondary N) is 1. The standard InChI is InChI=1S/C20H31N3O2/c1-16-11-23(13-17-7-4-3-5-8-17)14-19(16)21-20(24)22(2)12-18-9-6-10-25-15-18/h3-5,7-8,16,18-19H,6,9-15H2,1-2H3,(H,21,24)/t16-,18-,19-/m1/s1. The topological polar surface area (TPSA) is 44.8 Å². The lowest BCUT2D eigenvalue weighted by Crippen LogP contribution is -2.47. The number of urea groups is 1. The molecule has 3 rings (SSSR count). The molecule has 0 radical (unpaired) electrons. The number of carbonyl (C=O) groups is 1. The minimum atomic E-state index is 0.0454. The van der Waals surface area contributed by atoms with E-state index in [-0.39, 0.29) is 12.1 Å². The van der Waals surface area contributed by atoms with Crippen molar-refractivity contribution in [1.82, 2.24) is 15.1 Å². The Morgan fingerprint density at radius 3 is 2.84 bits per heavy atom. The van der Waals surface area contributed by atoms with Crippen molar-refractivity contribution in [2.75, 3.05) is 39.9 Å². The average molecular weight is 345 g/mol. The average Bonchev–Trinajstić information content (AvgIpc) is 2.95. The van der Waals surface area contributed by atoms with E-state index in [2.05, 4.69) is 41.4 Å². The van der Waals surface area contributed by atoms with Gasteiger partial charge >= 0.3 is 6.03 Å². The molecule has 5 nitrogen and oxygen atoms in total. The zero-order valence-corrected chi connectivity index (χ0v) is 15.5. The molecule has 0 saturated carbocycles. The van der Waals surface area contributed by atoms with E-state index < -0.39 is 0 Å². The summed E-state index contributed by atoms with van der Waals surface area (Å²) in [4.78, 5) is 16.8. The molecule has 25 heavy (non-hydrogen) atoms. The summed E-state index contributed by atoms with van der Waals surface area (Å²) in [6.07, 6.45) is 2.26. The first-order chi connectivity index (χ1) is 12.1. The maximum absolute atomic E-state index is 12.5. The molecule has 2 amide bonds. The molecule has 0 spiro atoms. The van der Waals surface area contributed by atoms with Gasteiger partial charge in [-0.3, -0.25) is 4.90 Å². The molecule has 1 aromatic carbocycles. The van der Waals surface area contributed by atoms with Crippen molar-refractivity contribution in [3.05, 3.63) is 35.9 Å². The molecule has 1 N–H and O–H groups in total. The van der Waals surface area contributed by atoms with Crippen molar-refractivity contribution in [2.24, 2.45) is 11.8 Å². The summed E-state index contributed by atoms with van der Waals surface area (Å²) in [7, 11) is 1.89. The summed E-state index contributed by atoms with van der Waals surface area (Å²) in [6, 6.07) is 10.8. The predicted molar refractivity (Wildman–Crippen MR) is 99.4 cm³/mol. The van der Waals surface area contributed by atoms with Crippen molar-refractivity contribution in [3.63, 3.8) is 0 Å². The number of likely N-dealkylation sites (tertiary alicyclic amines) is 1. The van der Waals surface area contributed by atoms with Crippen LogP contribution in [-0.2, 0) is 11.3 Å². The van der Waals surface area contributed by atoms with Gasteiger partial charge in [-0.2, -0.15) is 0 Å². The molecule has 2 fully saturated rings. The van der Waals surface area contributed by atoms with Gasteiger partial charge in [-0.15, -0.1) is 0 Å². The van der Waals surface area contributed by atoms with Crippen molar-refractivity contribution in [3.8, 4) is 0 Å². The molecule has 0 aliphatic carbocycles. The Morgan fingerprint density at radius 2 is 2.12 bits per heavy atom. The minimum Gasteiger partial charge on any atom is -0.381 e. The molecule has 138 valence electrons. The fraction of sp³-hybridized carbons (Fsp3) is 0.650. The molecule has 5 heteroatoms. The van der Waals surface area contributed by atoms with Crippen molar-refractivity contribution in [1.29, 1.82) is 0 Å². The van der Waals surface area contributed by atoms with E-state index >= 15 is 0 Å². The number of benzene rings is 1. The molecule has 0 aromatic heterocycles. The second-order valence-corrected chi connectivity index (χ2v) is 7.68. The fourth-order valence-electron chi connectivity index (χ4n) is 3.92. The van der Waals surface area contributed by atoms with E-state index in [9.17, 15) is 4.79 Å². The first-order valence-electron chi connectivity index (χ1n) is 9.47. The number of hydrogen-bond acceptors (Lipinski definition) is 3. The fourth-order valence-corrected chi connectivity index (χ4v) is 3.92. The maximum Gasteiger partial charge on any atom is 0.317 e. The van der Waals surface area contributed by atoms with Crippen molar-refractivity contribution >= 4 is 6.03 Å². The molecule has 3 atom stereocenters. The van der Waals surface area contributed by atoms with Gasteiger partial charge in [-0.1, -0.05) is 37.3 Å². The molecule has 2 heterocycles. The summed E-state index contributed by atoms with van der Waals surface area (Å²) in [5, 5.41) is 3.24. The summed E-state index contributed by atoms with van der Waals surface area (Å²) < 4.78 is 5.52. The first kappa shape index (κ1) is 18.2. The Hall–Kier alpha value is -1.59. The van der Waals surface area contributed by atoms with Crippen LogP contribution in [0.1, 0.15) is 25.3 Å².